The fraction of sp³-hybridized carbons (Fsp3) is 0.667. The van der Waals surface area contributed by atoms with Crippen LogP contribution in [0.4, 0.5) is 0 Å². The highest BCUT2D eigenvalue weighted by molar-refractivity contribution is 5.15. The Morgan fingerprint density at radius 3 is 1.68 bits per heavy atom. The van der Waals surface area contributed by atoms with Crippen molar-refractivity contribution in [3.8, 4) is 0 Å². The van der Waals surface area contributed by atoms with Crippen molar-refractivity contribution in [1.82, 2.24) is 4.90 Å². The Hall–Kier alpha value is -1.72. The first kappa shape index (κ1) is 32.8. The fourth-order valence-electron chi connectivity index (χ4n) is 5.95. The average Bonchev–Trinajstić information content (AvgIpc) is 3.34. The normalized spacial score (nSPS) is 20.9. The van der Waals surface area contributed by atoms with Crippen LogP contribution in [0.25, 0.3) is 0 Å². The molecule has 1 aliphatic rings. The Morgan fingerprint density at radius 2 is 1.10 bits per heavy atom. The van der Waals surface area contributed by atoms with E-state index in [-0.39, 0.29) is 24.4 Å². The van der Waals surface area contributed by atoms with Crippen LogP contribution in [-0.2, 0) is 27.4 Å². The third-order valence-electron chi connectivity index (χ3n) is 8.34. The highest BCUT2D eigenvalue weighted by Crippen LogP contribution is 2.33. The summed E-state index contributed by atoms with van der Waals surface area (Å²) in [5, 5.41) is 0. The topological polar surface area (TPSA) is 30.9 Å². The lowest BCUT2D eigenvalue weighted by Gasteiger charge is -2.34. The summed E-state index contributed by atoms with van der Waals surface area (Å²) in [5.74, 6) is 0. The first-order valence-corrected chi connectivity index (χ1v) is 16.4. The van der Waals surface area contributed by atoms with E-state index >= 15 is 0 Å². The molecule has 4 nitrogen and oxygen atoms in total. The number of likely N-dealkylation sites (N-methyl/N-ethyl adjacent to an activating group) is 1. The molecule has 1 fully saturated rings. The van der Waals surface area contributed by atoms with E-state index < -0.39 is 0 Å². The van der Waals surface area contributed by atoms with Crippen LogP contribution in [0.5, 0.6) is 0 Å². The summed E-state index contributed by atoms with van der Waals surface area (Å²) in [7, 11) is 2.28. The van der Waals surface area contributed by atoms with Crippen molar-refractivity contribution in [1.29, 1.82) is 0 Å². The quantitative estimate of drug-likeness (QED) is 0.137. The van der Waals surface area contributed by atoms with E-state index in [0.717, 1.165) is 26.0 Å². The number of nitrogens with zero attached hydrogens (tertiary/aromatic N) is 1. The number of hydrogen-bond donors (Lipinski definition) is 0. The van der Waals surface area contributed by atoms with E-state index in [2.05, 4.69) is 86.5 Å². The Balaban J connectivity index is 1.66. The standard InChI is InChI=1S/C36H57NO3/c1-4-6-8-10-11-12-20-26-37(3)35-33(39-29-31-22-16-14-17-23-31)28-34(40-30-32-24-18-15-19-25-32)36(35)38-27-21-13-9-7-5-2/h14-19,22-25,33-36H,4-13,20-21,26-30H2,1-3H3/t33-,34+,35+,36+/m0/s1. The molecule has 4 atom stereocenters. The van der Waals surface area contributed by atoms with Gasteiger partial charge < -0.3 is 14.2 Å². The molecular formula is C36H57NO3. The molecule has 0 radical (unpaired) electrons. The van der Waals surface area contributed by atoms with Crippen LogP contribution in [-0.4, -0.2) is 49.5 Å². The van der Waals surface area contributed by atoms with Crippen molar-refractivity contribution in [3.05, 3.63) is 71.8 Å². The van der Waals surface area contributed by atoms with Crippen LogP contribution >= 0.6 is 0 Å². The summed E-state index contributed by atoms with van der Waals surface area (Å²) >= 11 is 0. The van der Waals surface area contributed by atoms with Crippen molar-refractivity contribution < 1.29 is 14.2 Å². The summed E-state index contributed by atoms with van der Waals surface area (Å²) in [6, 6.07) is 21.3. The molecule has 0 N–H and O–H groups in total. The maximum atomic E-state index is 6.73. The zero-order valence-corrected chi connectivity index (χ0v) is 25.8. The molecule has 0 aliphatic heterocycles. The second kappa shape index (κ2) is 20.2. The molecule has 4 heteroatoms. The van der Waals surface area contributed by atoms with Crippen molar-refractivity contribution in [2.75, 3.05) is 20.2 Å². The zero-order chi connectivity index (χ0) is 28.3. The summed E-state index contributed by atoms with van der Waals surface area (Å²) in [4.78, 5) is 2.52. The molecule has 1 aliphatic carbocycles. The molecule has 0 heterocycles. The second-order valence-corrected chi connectivity index (χ2v) is 11.7. The van der Waals surface area contributed by atoms with Crippen LogP contribution in [0.2, 0.25) is 0 Å². The summed E-state index contributed by atoms with van der Waals surface area (Å²) in [5.41, 5.74) is 2.43. The molecule has 1 saturated carbocycles. The largest absolute Gasteiger partial charge is 0.374 e. The van der Waals surface area contributed by atoms with E-state index in [1.54, 1.807) is 0 Å². The predicted molar refractivity (Wildman–Crippen MR) is 168 cm³/mol. The van der Waals surface area contributed by atoms with Gasteiger partial charge in [-0.3, -0.25) is 4.90 Å². The molecule has 224 valence electrons. The Morgan fingerprint density at radius 1 is 0.600 bits per heavy atom. The molecule has 0 spiro atoms. The number of benzene rings is 2. The predicted octanol–water partition coefficient (Wildman–Crippen LogP) is 8.97. The van der Waals surface area contributed by atoms with Gasteiger partial charge in [0, 0.05) is 13.0 Å². The van der Waals surface area contributed by atoms with E-state index in [9.17, 15) is 0 Å². The average molecular weight is 552 g/mol. The third kappa shape index (κ3) is 12.0. The number of ether oxygens (including phenoxy) is 3. The fourth-order valence-corrected chi connectivity index (χ4v) is 5.95. The number of rotatable bonds is 22. The van der Waals surface area contributed by atoms with E-state index in [1.165, 1.54) is 81.8 Å². The van der Waals surface area contributed by atoms with Crippen LogP contribution in [0.1, 0.15) is 108 Å². The maximum Gasteiger partial charge on any atom is 0.102 e. The van der Waals surface area contributed by atoms with Gasteiger partial charge in [-0.05, 0) is 37.6 Å². The highest BCUT2D eigenvalue weighted by atomic mass is 16.6. The van der Waals surface area contributed by atoms with Gasteiger partial charge in [0.1, 0.15) is 6.10 Å². The van der Waals surface area contributed by atoms with Crippen LogP contribution < -0.4 is 0 Å². The molecule has 0 saturated heterocycles. The van der Waals surface area contributed by atoms with Gasteiger partial charge in [-0.2, -0.15) is 0 Å². The van der Waals surface area contributed by atoms with Gasteiger partial charge in [-0.15, -0.1) is 0 Å². The minimum atomic E-state index is 0.0187. The number of unbranched alkanes of at least 4 members (excludes halogenated alkanes) is 10. The lowest BCUT2D eigenvalue weighted by atomic mass is 10.1. The minimum Gasteiger partial charge on any atom is -0.374 e. The Kier molecular flexibility index (Phi) is 16.6. The zero-order valence-electron chi connectivity index (χ0n) is 25.8. The van der Waals surface area contributed by atoms with Gasteiger partial charge in [0.2, 0.25) is 0 Å². The van der Waals surface area contributed by atoms with Crippen LogP contribution in [0.3, 0.4) is 0 Å². The summed E-state index contributed by atoms with van der Waals surface area (Å²) in [6.07, 6.45) is 16.5. The third-order valence-corrected chi connectivity index (χ3v) is 8.34. The maximum absolute atomic E-state index is 6.73. The van der Waals surface area contributed by atoms with Gasteiger partial charge in [0.25, 0.3) is 0 Å². The van der Waals surface area contributed by atoms with Gasteiger partial charge in [0.05, 0.1) is 31.5 Å². The molecule has 0 unspecified atom stereocenters. The lowest BCUT2D eigenvalue weighted by Crippen LogP contribution is -2.48. The molecule has 2 aromatic carbocycles. The highest BCUT2D eigenvalue weighted by Gasteiger charge is 2.47. The van der Waals surface area contributed by atoms with Crippen molar-refractivity contribution in [2.45, 2.75) is 135 Å². The van der Waals surface area contributed by atoms with Crippen molar-refractivity contribution >= 4 is 0 Å². The molecule has 0 aromatic heterocycles. The Bertz CT molecular complexity index is 861. The smallest absolute Gasteiger partial charge is 0.102 e. The minimum absolute atomic E-state index is 0.0187. The molecule has 0 bridgehead atoms. The van der Waals surface area contributed by atoms with E-state index in [4.69, 9.17) is 14.2 Å². The van der Waals surface area contributed by atoms with Crippen molar-refractivity contribution in [3.63, 3.8) is 0 Å². The molecular weight excluding hydrogens is 494 g/mol. The molecule has 0 amide bonds. The molecule has 40 heavy (non-hydrogen) atoms. The van der Waals surface area contributed by atoms with Crippen molar-refractivity contribution in [2.24, 2.45) is 0 Å². The van der Waals surface area contributed by atoms with Crippen LogP contribution in [0, 0.1) is 0 Å². The van der Waals surface area contributed by atoms with Crippen LogP contribution in [0.15, 0.2) is 60.7 Å². The first-order chi connectivity index (χ1) is 19.7. The van der Waals surface area contributed by atoms with Gasteiger partial charge in [0.15, 0.2) is 0 Å². The van der Waals surface area contributed by atoms with E-state index in [0.29, 0.717) is 13.2 Å². The van der Waals surface area contributed by atoms with Gasteiger partial charge in [-0.1, -0.05) is 139 Å². The monoisotopic (exact) mass is 551 g/mol. The summed E-state index contributed by atoms with van der Waals surface area (Å²) in [6.45, 7) is 7.67. The summed E-state index contributed by atoms with van der Waals surface area (Å²) < 4.78 is 20.0. The van der Waals surface area contributed by atoms with Gasteiger partial charge >= 0.3 is 0 Å². The lowest BCUT2D eigenvalue weighted by molar-refractivity contribution is -0.0898. The molecule has 2 aromatic rings. The molecule has 3 rings (SSSR count). The Labute approximate surface area is 245 Å². The second-order valence-electron chi connectivity index (χ2n) is 11.7. The first-order valence-electron chi connectivity index (χ1n) is 16.4. The SMILES string of the molecule is CCCCCCCCCN(C)[C@H]1[C@H](OCCCCCCC)[C@H](OCc2ccccc2)C[C@@H]1OCc1ccccc1. The van der Waals surface area contributed by atoms with E-state index in [1.807, 2.05) is 0 Å². The van der Waals surface area contributed by atoms with Gasteiger partial charge in [-0.25, -0.2) is 0 Å². The number of hydrogen-bond acceptors (Lipinski definition) is 4.